The monoisotopic (exact) mass is 377 g/mol. The minimum atomic E-state index is 0.505. The Balaban J connectivity index is 2.06. The minimum absolute atomic E-state index is 0.505. The van der Waals surface area contributed by atoms with E-state index in [1.165, 1.54) is 28.5 Å². The summed E-state index contributed by atoms with van der Waals surface area (Å²) in [5.41, 5.74) is 1.72. The lowest BCUT2D eigenvalue weighted by molar-refractivity contribution is 0.177. The molecule has 0 amide bonds. The molecule has 0 aliphatic heterocycles. The fourth-order valence-electron chi connectivity index (χ4n) is 2.97. The average Bonchev–Trinajstić information content (AvgIpc) is 2.24. The topological polar surface area (TPSA) is 12.0 Å². The van der Waals surface area contributed by atoms with Gasteiger partial charge < -0.3 is 5.32 Å². The Morgan fingerprint density at radius 3 is 2.72 bits per heavy atom. The van der Waals surface area contributed by atoms with E-state index in [2.05, 4.69) is 54.7 Å². The smallest absolute Gasteiger partial charge is 0.0479 e. The van der Waals surface area contributed by atoms with Gasteiger partial charge in [-0.15, -0.1) is 0 Å². The zero-order valence-corrected chi connectivity index (χ0v) is 14.2. The van der Waals surface area contributed by atoms with Gasteiger partial charge in [-0.05, 0) is 71.4 Å². The second-order valence-corrected chi connectivity index (χ2v) is 7.86. The molecule has 100 valence electrons. The second kappa shape index (κ2) is 5.58. The van der Waals surface area contributed by atoms with E-state index >= 15 is 0 Å². The summed E-state index contributed by atoms with van der Waals surface area (Å²) < 4.78 is 1.21. The Labute approximate surface area is 129 Å². The van der Waals surface area contributed by atoms with Crippen LogP contribution in [0.2, 0.25) is 5.02 Å². The fraction of sp³-hybridized carbons (Fsp3) is 0.600. The van der Waals surface area contributed by atoms with Crippen molar-refractivity contribution >= 4 is 39.9 Å². The van der Waals surface area contributed by atoms with Crippen LogP contribution in [0.4, 0.5) is 5.69 Å². The second-order valence-electron chi connectivity index (χ2n) is 6.26. The molecular formula is C15H21ClIN. The summed E-state index contributed by atoms with van der Waals surface area (Å²) in [4.78, 5) is 0. The quantitative estimate of drug-likeness (QED) is 0.664. The lowest BCUT2D eigenvalue weighted by Crippen LogP contribution is -2.37. The van der Waals surface area contributed by atoms with Crippen molar-refractivity contribution in [2.24, 2.45) is 11.3 Å². The number of benzene rings is 1. The SMILES string of the molecule is CC1CC(C)(C)CCC1Nc1ccc(Cl)cc1I. The van der Waals surface area contributed by atoms with Gasteiger partial charge in [-0.1, -0.05) is 32.4 Å². The van der Waals surface area contributed by atoms with Gasteiger partial charge in [-0.25, -0.2) is 0 Å². The van der Waals surface area contributed by atoms with Crippen LogP contribution in [0.15, 0.2) is 18.2 Å². The van der Waals surface area contributed by atoms with Gasteiger partial charge in [-0.2, -0.15) is 0 Å². The van der Waals surface area contributed by atoms with E-state index < -0.39 is 0 Å². The molecule has 0 bridgehead atoms. The number of halogens is 2. The van der Waals surface area contributed by atoms with Crippen molar-refractivity contribution in [1.82, 2.24) is 0 Å². The molecule has 1 fully saturated rings. The van der Waals surface area contributed by atoms with Gasteiger partial charge in [0.05, 0.1) is 0 Å². The molecule has 1 N–H and O–H groups in total. The molecule has 1 saturated carbocycles. The van der Waals surface area contributed by atoms with Crippen LogP contribution in [0.5, 0.6) is 0 Å². The molecule has 2 rings (SSSR count). The molecule has 3 heteroatoms. The average molecular weight is 378 g/mol. The summed E-state index contributed by atoms with van der Waals surface area (Å²) in [6.45, 7) is 7.12. The Bertz CT molecular complexity index is 431. The van der Waals surface area contributed by atoms with E-state index in [9.17, 15) is 0 Å². The van der Waals surface area contributed by atoms with E-state index in [0.29, 0.717) is 11.5 Å². The van der Waals surface area contributed by atoms with Crippen LogP contribution < -0.4 is 5.32 Å². The van der Waals surface area contributed by atoms with Gasteiger partial charge in [-0.3, -0.25) is 0 Å². The predicted molar refractivity (Wildman–Crippen MR) is 88.4 cm³/mol. The van der Waals surface area contributed by atoms with Crippen LogP contribution in [-0.4, -0.2) is 6.04 Å². The van der Waals surface area contributed by atoms with Gasteiger partial charge in [0, 0.05) is 20.3 Å². The van der Waals surface area contributed by atoms with E-state index in [-0.39, 0.29) is 0 Å². The zero-order chi connectivity index (χ0) is 13.3. The van der Waals surface area contributed by atoms with E-state index in [1.807, 2.05) is 12.1 Å². The highest BCUT2D eigenvalue weighted by Gasteiger charge is 2.32. The third-order valence-electron chi connectivity index (χ3n) is 3.97. The number of hydrogen-bond donors (Lipinski definition) is 1. The van der Waals surface area contributed by atoms with Crippen LogP contribution in [0.25, 0.3) is 0 Å². The third kappa shape index (κ3) is 3.53. The highest BCUT2D eigenvalue weighted by atomic mass is 127. The molecule has 1 aromatic rings. The van der Waals surface area contributed by atoms with Crippen molar-refractivity contribution in [1.29, 1.82) is 0 Å². The molecule has 0 aromatic heterocycles. The third-order valence-corrected chi connectivity index (χ3v) is 5.09. The maximum atomic E-state index is 5.99. The Morgan fingerprint density at radius 1 is 1.39 bits per heavy atom. The standard InChI is InChI=1S/C15H21ClIN/c1-10-9-15(2,3)7-6-13(10)18-14-5-4-11(16)8-12(14)17/h4-5,8,10,13,18H,6-7,9H2,1-3H3. The van der Waals surface area contributed by atoms with Gasteiger partial charge in [0.15, 0.2) is 0 Å². The maximum Gasteiger partial charge on any atom is 0.0479 e. The largest absolute Gasteiger partial charge is 0.381 e. The lowest BCUT2D eigenvalue weighted by Gasteiger charge is -2.40. The molecule has 1 aromatic carbocycles. The van der Waals surface area contributed by atoms with E-state index in [0.717, 1.165) is 10.9 Å². The molecule has 0 saturated heterocycles. The van der Waals surface area contributed by atoms with Crippen LogP contribution in [-0.2, 0) is 0 Å². The first kappa shape index (κ1) is 14.4. The van der Waals surface area contributed by atoms with Crippen molar-refractivity contribution in [3.05, 3.63) is 26.8 Å². The number of hydrogen-bond acceptors (Lipinski definition) is 1. The minimum Gasteiger partial charge on any atom is -0.381 e. The number of anilines is 1. The molecule has 2 atom stereocenters. The number of nitrogens with one attached hydrogen (secondary N) is 1. The van der Waals surface area contributed by atoms with Crippen molar-refractivity contribution in [2.75, 3.05) is 5.32 Å². The van der Waals surface area contributed by atoms with Crippen molar-refractivity contribution in [2.45, 2.75) is 46.1 Å². The number of rotatable bonds is 2. The fourth-order valence-corrected chi connectivity index (χ4v) is 3.99. The molecule has 2 unspecified atom stereocenters. The first-order valence-corrected chi connectivity index (χ1v) is 8.05. The van der Waals surface area contributed by atoms with Gasteiger partial charge in [0.2, 0.25) is 0 Å². The van der Waals surface area contributed by atoms with Crippen molar-refractivity contribution < 1.29 is 0 Å². The van der Waals surface area contributed by atoms with Gasteiger partial charge >= 0.3 is 0 Å². The molecule has 1 aliphatic carbocycles. The van der Waals surface area contributed by atoms with Gasteiger partial charge in [0.1, 0.15) is 0 Å². The summed E-state index contributed by atoms with van der Waals surface area (Å²) in [5, 5.41) is 4.51. The lowest BCUT2D eigenvalue weighted by atomic mass is 9.70. The van der Waals surface area contributed by atoms with Crippen LogP contribution in [0, 0.1) is 14.9 Å². The van der Waals surface area contributed by atoms with Crippen molar-refractivity contribution in [3.63, 3.8) is 0 Å². The summed E-state index contributed by atoms with van der Waals surface area (Å²) >= 11 is 8.34. The molecule has 1 nitrogen and oxygen atoms in total. The molecular weight excluding hydrogens is 357 g/mol. The molecule has 0 spiro atoms. The normalized spacial score (nSPS) is 26.9. The Hall–Kier alpha value is 0.0400. The first-order valence-electron chi connectivity index (χ1n) is 6.59. The zero-order valence-electron chi connectivity index (χ0n) is 11.3. The maximum absolute atomic E-state index is 5.99. The summed E-state index contributed by atoms with van der Waals surface area (Å²) in [5.74, 6) is 0.722. The van der Waals surface area contributed by atoms with E-state index in [1.54, 1.807) is 0 Å². The summed E-state index contributed by atoms with van der Waals surface area (Å²) in [6, 6.07) is 6.66. The van der Waals surface area contributed by atoms with Crippen LogP contribution in [0.1, 0.15) is 40.0 Å². The molecule has 1 aliphatic rings. The highest BCUT2D eigenvalue weighted by molar-refractivity contribution is 14.1. The summed E-state index contributed by atoms with van der Waals surface area (Å²) in [7, 11) is 0. The highest BCUT2D eigenvalue weighted by Crippen LogP contribution is 2.39. The Kier molecular flexibility index (Phi) is 4.48. The van der Waals surface area contributed by atoms with Crippen LogP contribution >= 0.6 is 34.2 Å². The summed E-state index contributed by atoms with van der Waals surface area (Å²) in [6.07, 6.45) is 3.86. The first-order chi connectivity index (χ1) is 8.37. The van der Waals surface area contributed by atoms with Crippen LogP contribution in [0.3, 0.4) is 0 Å². The molecule has 18 heavy (non-hydrogen) atoms. The van der Waals surface area contributed by atoms with Gasteiger partial charge in [0.25, 0.3) is 0 Å². The predicted octanol–water partition coefficient (Wildman–Crippen LogP) is 5.57. The molecule has 0 radical (unpaired) electrons. The van der Waals surface area contributed by atoms with E-state index in [4.69, 9.17) is 11.6 Å². The Morgan fingerprint density at radius 2 is 2.11 bits per heavy atom. The molecule has 0 heterocycles. The van der Waals surface area contributed by atoms with Crippen molar-refractivity contribution in [3.8, 4) is 0 Å².